The maximum atomic E-state index is 10.6. The second kappa shape index (κ2) is 7.51. The van der Waals surface area contributed by atoms with Crippen molar-refractivity contribution in [2.24, 2.45) is 4.99 Å². The van der Waals surface area contributed by atoms with Crippen LogP contribution in [-0.2, 0) is 16.1 Å². The fraction of sp³-hybridized carbons (Fsp3) is 0.286. The Morgan fingerprint density at radius 3 is 2.77 bits per heavy atom. The van der Waals surface area contributed by atoms with Gasteiger partial charge in [0.25, 0.3) is 0 Å². The lowest BCUT2D eigenvalue weighted by Gasteiger charge is -2.00. The number of nitrogens with zero attached hydrogens (tertiary/aromatic N) is 3. The molecule has 0 atom stereocenters. The molecule has 0 aliphatic carbocycles. The van der Waals surface area contributed by atoms with Gasteiger partial charge in [0.05, 0.1) is 7.11 Å². The molecule has 0 aliphatic heterocycles. The van der Waals surface area contributed by atoms with Crippen molar-refractivity contribution in [1.82, 2.24) is 9.78 Å². The molecule has 1 N–H and O–H groups in total. The number of carboxylic acid groups (broad SMARTS) is 1. The molecule has 8 heteroatoms. The summed E-state index contributed by atoms with van der Waals surface area (Å²) >= 11 is 1.28. The number of methoxy groups -OCH3 is 1. The van der Waals surface area contributed by atoms with Crippen LogP contribution in [0.1, 0.15) is 12.8 Å². The molecule has 7 nitrogen and oxygen atoms in total. The molecule has 22 heavy (non-hydrogen) atoms. The van der Waals surface area contributed by atoms with E-state index in [1.54, 1.807) is 11.8 Å². The van der Waals surface area contributed by atoms with Crippen LogP contribution in [0.3, 0.4) is 0 Å². The fourth-order valence-electron chi connectivity index (χ4n) is 1.83. The third-order valence-electron chi connectivity index (χ3n) is 2.88. The Morgan fingerprint density at radius 2 is 2.18 bits per heavy atom. The van der Waals surface area contributed by atoms with Crippen molar-refractivity contribution in [2.45, 2.75) is 19.4 Å². The van der Waals surface area contributed by atoms with Gasteiger partial charge >= 0.3 is 5.97 Å². The van der Waals surface area contributed by atoms with Crippen LogP contribution in [0.15, 0.2) is 29.3 Å². The Balaban J connectivity index is 2.27. The number of rotatable bonds is 7. The molecule has 0 fully saturated rings. The smallest absolute Gasteiger partial charge is 0.303 e. The molecule has 0 aliphatic rings. The van der Waals surface area contributed by atoms with E-state index >= 15 is 0 Å². The van der Waals surface area contributed by atoms with Crippen molar-refractivity contribution in [3.05, 3.63) is 29.1 Å². The quantitative estimate of drug-likeness (QED) is 0.781. The first-order valence-corrected chi connectivity index (χ1v) is 7.37. The molecule has 116 valence electrons. The third kappa shape index (κ3) is 4.01. The van der Waals surface area contributed by atoms with E-state index in [0.29, 0.717) is 29.2 Å². The van der Waals surface area contributed by atoms with Crippen LogP contribution in [0.5, 0.6) is 5.75 Å². The number of carbonyl (C=O) groups excluding carboxylic acids is 1. The number of benzene rings is 1. The molecule has 1 aromatic heterocycles. The number of hydrogen-bond donors (Lipinski definition) is 1. The molecule has 0 saturated carbocycles. The monoisotopic (exact) mass is 321 g/mol. The lowest BCUT2D eigenvalue weighted by atomic mass is 10.2. The van der Waals surface area contributed by atoms with Gasteiger partial charge in [-0.1, -0.05) is 11.3 Å². The summed E-state index contributed by atoms with van der Waals surface area (Å²) in [5.74, 6) is -0.118. The van der Waals surface area contributed by atoms with Crippen molar-refractivity contribution in [3.8, 4) is 16.3 Å². The summed E-state index contributed by atoms with van der Waals surface area (Å²) < 4.78 is 6.66. The van der Waals surface area contributed by atoms with Gasteiger partial charge in [-0.15, -0.1) is 0 Å². The van der Waals surface area contributed by atoms with Gasteiger partial charge in [0.15, 0.2) is 0 Å². The number of ether oxygens (including phenoxy) is 1. The zero-order valence-electron chi connectivity index (χ0n) is 11.9. The summed E-state index contributed by atoms with van der Waals surface area (Å²) in [6.07, 6.45) is 0.926. The number of aromatic nitrogens is 2. The predicted molar refractivity (Wildman–Crippen MR) is 80.6 cm³/mol. The van der Waals surface area contributed by atoms with Crippen molar-refractivity contribution >= 4 is 23.7 Å². The van der Waals surface area contributed by atoms with Crippen LogP contribution < -0.4 is 9.54 Å². The van der Waals surface area contributed by atoms with E-state index in [1.807, 2.05) is 24.3 Å². The molecule has 0 spiro atoms. The Morgan fingerprint density at radius 1 is 1.45 bits per heavy atom. The maximum Gasteiger partial charge on any atom is 0.303 e. The summed E-state index contributed by atoms with van der Waals surface area (Å²) in [7, 11) is 1.59. The van der Waals surface area contributed by atoms with Crippen molar-refractivity contribution < 1.29 is 19.4 Å². The summed E-state index contributed by atoms with van der Waals surface area (Å²) in [4.78, 5) is 25.4. The average Bonchev–Trinajstić information content (AvgIpc) is 2.91. The molecule has 1 heterocycles. The van der Waals surface area contributed by atoms with Gasteiger partial charge in [0.1, 0.15) is 10.8 Å². The van der Waals surface area contributed by atoms with E-state index in [0.717, 1.165) is 11.3 Å². The maximum absolute atomic E-state index is 10.6. The molecule has 1 amide bonds. The number of amides is 1. The zero-order valence-corrected chi connectivity index (χ0v) is 12.7. The molecule has 1 aromatic carbocycles. The standard InChI is InChI=1S/C14H15N3O4S/c1-21-11-6-4-10(5-7-11)13-16-17(8-2-3-12(19)20)14(22-13)15-9-18/h4-7,9H,2-3,8H2,1H3,(H,19,20). The fourth-order valence-corrected chi connectivity index (χ4v) is 2.73. The number of carbonyl (C=O) groups is 2. The second-order valence-electron chi connectivity index (χ2n) is 4.37. The highest BCUT2D eigenvalue weighted by atomic mass is 32.1. The molecule has 0 radical (unpaired) electrons. The zero-order chi connectivity index (χ0) is 15.9. The highest BCUT2D eigenvalue weighted by molar-refractivity contribution is 7.12. The van der Waals surface area contributed by atoms with Crippen LogP contribution >= 0.6 is 11.3 Å². The van der Waals surface area contributed by atoms with Crippen LogP contribution in [0.2, 0.25) is 0 Å². The minimum absolute atomic E-state index is 0.0446. The Labute approximate surface area is 130 Å². The van der Waals surface area contributed by atoms with Crippen LogP contribution in [0.25, 0.3) is 10.6 Å². The van der Waals surface area contributed by atoms with Crippen LogP contribution in [-0.4, -0.2) is 34.4 Å². The van der Waals surface area contributed by atoms with E-state index in [9.17, 15) is 9.59 Å². The highest BCUT2D eigenvalue weighted by Crippen LogP contribution is 2.22. The Kier molecular flexibility index (Phi) is 5.42. The molecule has 2 rings (SSSR count). The third-order valence-corrected chi connectivity index (χ3v) is 3.89. The number of aliphatic carboxylic acids is 1. The van der Waals surface area contributed by atoms with Gasteiger partial charge in [0.2, 0.25) is 11.2 Å². The number of hydrogen-bond acceptors (Lipinski definition) is 5. The average molecular weight is 321 g/mol. The summed E-state index contributed by atoms with van der Waals surface area (Å²) in [6, 6.07) is 7.37. The van der Waals surface area contributed by atoms with E-state index in [-0.39, 0.29) is 6.42 Å². The summed E-state index contributed by atoms with van der Waals surface area (Å²) in [5.41, 5.74) is 0.880. The minimum atomic E-state index is -0.861. The predicted octanol–water partition coefficient (Wildman–Crippen LogP) is 1.54. The Bertz CT molecular complexity index is 718. The van der Waals surface area contributed by atoms with Gasteiger partial charge in [0, 0.05) is 18.5 Å². The minimum Gasteiger partial charge on any atom is -0.497 e. The summed E-state index contributed by atoms with van der Waals surface area (Å²) in [5, 5.41) is 13.8. The van der Waals surface area contributed by atoms with Crippen molar-refractivity contribution in [3.63, 3.8) is 0 Å². The van der Waals surface area contributed by atoms with Gasteiger partial charge in [-0.25, -0.2) is 4.68 Å². The number of aryl methyl sites for hydroxylation is 1. The molecule has 0 saturated heterocycles. The van der Waals surface area contributed by atoms with E-state index < -0.39 is 5.97 Å². The van der Waals surface area contributed by atoms with Crippen molar-refractivity contribution in [1.29, 1.82) is 0 Å². The molecular formula is C14H15N3O4S. The Hall–Kier alpha value is -2.48. The van der Waals surface area contributed by atoms with Crippen LogP contribution in [0.4, 0.5) is 0 Å². The molecular weight excluding hydrogens is 306 g/mol. The molecule has 2 aromatic rings. The van der Waals surface area contributed by atoms with Gasteiger partial charge < -0.3 is 9.84 Å². The first-order chi connectivity index (χ1) is 10.6. The van der Waals surface area contributed by atoms with E-state index in [1.165, 1.54) is 11.3 Å². The number of carboxylic acids is 1. The van der Waals surface area contributed by atoms with E-state index in [4.69, 9.17) is 9.84 Å². The van der Waals surface area contributed by atoms with Crippen LogP contribution in [0, 0.1) is 0 Å². The van der Waals surface area contributed by atoms with Crippen molar-refractivity contribution in [2.75, 3.05) is 7.11 Å². The SMILES string of the molecule is COc1ccc(-c2nn(CCCC(=O)O)c(=NC=O)s2)cc1. The van der Waals surface area contributed by atoms with Gasteiger partial charge in [-0.2, -0.15) is 10.1 Å². The lowest BCUT2D eigenvalue weighted by molar-refractivity contribution is -0.137. The first-order valence-electron chi connectivity index (χ1n) is 6.55. The lowest BCUT2D eigenvalue weighted by Crippen LogP contribution is -2.17. The first kappa shape index (κ1) is 15.9. The largest absolute Gasteiger partial charge is 0.497 e. The topological polar surface area (TPSA) is 93.8 Å². The molecule has 0 unspecified atom stereocenters. The van der Waals surface area contributed by atoms with E-state index in [2.05, 4.69) is 10.1 Å². The second-order valence-corrected chi connectivity index (χ2v) is 5.33. The van der Waals surface area contributed by atoms with Gasteiger partial charge in [-0.3, -0.25) is 9.59 Å². The molecule has 0 bridgehead atoms. The normalized spacial score (nSPS) is 11.4. The highest BCUT2D eigenvalue weighted by Gasteiger charge is 2.08. The summed E-state index contributed by atoms with van der Waals surface area (Å²) in [6.45, 7) is 0.394. The van der Waals surface area contributed by atoms with Gasteiger partial charge in [-0.05, 0) is 30.7 Å².